The molecule has 1 aliphatic carbocycles. The van der Waals surface area contributed by atoms with E-state index in [1.165, 1.54) is 18.2 Å². The molecular weight excluding hydrogens is 371 g/mol. The van der Waals surface area contributed by atoms with Crippen molar-refractivity contribution >= 4 is 22.6 Å². The van der Waals surface area contributed by atoms with Crippen LogP contribution in [0.4, 0.5) is 10.1 Å². The molecule has 0 atom stereocenters. The van der Waals surface area contributed by atoms with Gasteiger partial charge in [-0.3, -0.25) is 0 Å². The van der Waals surface area contributed by atoms with Crippen LogP contribution in [-0.4, -0.2) is 33.8 Å². The maximum Gasteiger partial charge on any atom is 0.335 e. The van der Waals surface area contributed by atoms with E-state index in [0.29, 0.717) is 17.1 Å². The van der Waals surface area contributed by atoms with Crippen molar-refractivity contribution in [2.24, 2.45) is 5.92 Å². The van der Waals surface area contributed by atoms with Crippen LogP contribution >= 0.6 is 0 Å². The van der Waals surface area contributed by atoms with E-state index in [9.17, 15) is 19.4 Å². The molecule has 6 heteroatoms. The normalized spacial score (nSPS) is 19.2. The molecule has 150 valence electrons. The van der Waals surface area contributed by atoms with Gasteiger partial charge in [0, 0.05) is 17.5 Å². The fraction of sp³-hybridized carbons (Fsp3) is 0.304. The van der Waals surface area contributed by atoms with E-state index < -0.39 is 5.97 Å². The van der Waals surface area contributed by atoms with Crippen molar-refractivity contribution < 1.29 is 19.4 Å². The molecule has 1 saturated carbocycles. The van der Waals surface area contributed by atoms with E-state index in [4.69, 9.17) is 4.98 Å². The van der Waals surface area contributed by atoms with Gasteiger partial charge >= 0.3 is 5.97 Å². The standard InChI is InChI=1S/C23H23FN2O3/c24-18-6-3-15(4-7-18)22-21(25-13-14-1-8-19(27)9-2-14)12-17-11-16(23(28)29)5-10-20(17)26-22/h3-7,10-12,14,19,25,27H,1-2,8-9,13H2,(H,28,29). The number of anilines is 1. The van der Waals surface area contributed by atoms with E-state index in [0.717, 1.165) is 48.9 Å². The van der Waals surface area contributed by atoms with E-state index in [-0.39, 0.29) is 17.5 Å². The van der Waals surface area contributed by atoms with Crippen LogP contribution in [0, 0.1) is 11.7 Å². The van der Waals surface area contributed by atoms with E-state index in [1.54, 1.807) is 24.3 Å². The lowest BCUT2D eigenvalue weighted by Gasteiger charge is -2.26. The summed E-state index contributed by atoms with van der Waals surface area (Å²) in [7, 11) is 0. The Morgan fingerprint density at radius 3 is 2.48 bits per heavy atom. The van der Waals surface area contributed by atoms with Gasteiger partial charge < -0.3 is 15.5 Å². The number of aliphatic hydroxyl groups excluding tert-OH is 1. The zero-order valence-corrected chi connectivity index (χ0v) is 15.9. The van der Waals surface area contributed by atoms with Gasteiger partial charge in [-0.2, -0.15) is 0 Å². The second-order valence-electron chi connectivity index (χ2n) is 7.66. The summed E-state index contributed by atoms with van der Waals surface area (Å²) in [6.07, 6.45) is 3.36. The average molecular weight is 394 g/mol. The number of rotatable bonds is 5. The summed E-state index contributed by atoms with van der Waals surface area (Å²) in [4.78, 5) is 16.1. The SMILES string of the molecule is O=C(O)c1ccc2nc(-c3ccc(F)cc3)c(NCC3CCC(O)CC3)cc2c1. The summed E-state index contributed by atoms with van der Waals surface area (Å²) < 4.78 is 13.4. The van der Waals surface area contributed by atoms with Gasteiger partial charge in [0.25, 0.3) is 0 Å². The number of nitrogens with zero attached hydrogens (tertiary/aromatic N) is 1. The maximum absolute atomic E-state index is 13.4. The van der Waals surface area contributed by atoms with Crippen molar-refractivity contribution in [3.63, 3.8) is 0 Å². The van der Waals surface area contributed by atoms with Crippen LogP contribution in [0.3, 0.4) is 0 Å². The van der Waals surface area contributed by atoms with Crippen molar-refractivity contribution in [2.75, 3.05) is 11.9 Å². The largest absolute Gasteiger partial charge is 0.478 e. The van der Waals surface area contributed by atoms with Crippen LogP contribution in [0.15, 0.2) is 48.5 Å². The van der Waals surface area contributed by atoms with Gasteiger partial charge in [0.05, 0.1) is 28.6 Å². The van der Waals surface area contributed by atoms with Crippen LogP contribution in [0.5, 0.6) is 0 Å². The topological polar surface area (TPSA) is 82.5 Å². The number of aromatic nitrogens is 1. The number of hydrogen-bond donors (Lipinski definition) is 3. The Balaban J connectivity index is 1.70. The van der Waals surface area contributed by atoms with Crippen molar-refractivity contribution in [3.8, 4) is 11.3 Å². The predicted octanol–water partition coefficient (Wildman–Crippen LogP) is 4.70. The number of pyridine rings is 1. The summed E-state index contributed by atoms with van der Waals surface area (Å²) in [6.45, 7) is 0.743. The molecule has 3 N–H and O–H groups in total. The molecule has 3 aromatic rings. The minimum Gasteiger partial charge on any atom is -0.478 e. The van der Waals surface area contributed by atoms with Crippen molar-refractivity contribution in [3.05, 3.63) is 59.9 Å². The minimum atomic E-state index is -0.982. The van der Waals surface area contributed by atoms with Crippen LogP contribution in [0.25, 0.3) is 22.2 Å². The predicted molar refractivity (Wildman–Crippen MR) is 111 cm³/mol. The molecule has 0 radical (unpaired) electrons. The number of aliphatic hydroxyl groups is 1. The van der Waals surface area contributed by atoms with Crippen molar-refractivity contribution in [2.45, 2.75) is 31.8 Å². The van der Waals surface area contributed by atoms with E-state index in [2.05, 4.69) is 5.32 Å². The van der Waals surface area contributed by atoms with Gasteiger partial charge in [0.15, 0.2) is 0 Å². The second kappa shape index (κ2) is 8.17. The number of carbonyl (C=O) groups is 1. The number of nitrogens with one attached hydrogen (secondary N) is 1. The average Bonchev–Trinajstić information content (AvgIpc) is 2.73. The highest BCUT2D eigenvalue weighted by Crippen LogP contribution is 2.32. The van der Waals surface area contributed by atoms with Gasteiger partial charge in [-0.05, 0) is 80.1 Å². The first-order chi connectivity index (χ1) is 14.0. The number of halogens is 1. The Hall–Kier alpha value is -2.99. The second-order valence-corrected chi connectivity index (χ2v) is 7.66. The van der Waals surface area contributed by atoms with Crippen LogP contribution in [0.2, 0.25) is 0 Å². The molecule has 5 nitrogen and oxygen atoms in total. The van der Waals surface area contributed by atoms with Crippen molar-refractivity contribution in [1.29, 1.82) is 0 Å². The molecule has 0 aliphatic heterocycles. The highest BCUT2D eigenvalue weighted by Gasteiger charge is 2.20. The highest BCUT2D eigenvalue weighted by atomic mass is 19.1. The first-order valence-corrected chi connectivity index (χ1v) is 9.85. The van der Waals surface area contributed by atoms with E-state index >= 15 is 0 Å². The highest BCUT2D eigenvalue weighted by molar-refractivity contribution is 5.95. The van der Waals surface area contributed by atoms with E-state index in [1.807, 2.05) is 6.07 Å². The summed E-state index contributed by atoms with van der Waals surface area (Å²) in [6, 6.07) is 12.9. The zero-order chi connectivity index (χ0) is 20.4. The summed E-state index contributed by atoms with van der Waals surface area (Å²) in [5.41, 5.74) is 3.17. The fourth-order valence-electron chi connectivity index (χ4n) is 3.88. The zero-order valence-electron chi connectivity index (χ0n) is 15.9. The minimum absolute atomic E-state index is 0.196. The molecule has 1 aromatic heterocycles. The van der Waals surface area contributed by atoms with Crippen LogP contribution in [0.1, 0.15) is 36.0 Å². The number of benzene rings is 2. The smallest absolute Gasteiger partial charge is 0.335 e. The van der Waals surface area contributed by atoms with Gasteiger partial charge in [-0.1, -0.05) is 0 Å². The molecule has 1 heterocycles. The quantitative estimate of drug-likeness (QED) is 0.584. The van der Waals surface area contributed by atoms with Crippen molar-refractivity contribution in [1.82, 2.24) is 4.98 Å². The molecule has 29 heavy (non-hydrogen) atoms. The Morgan fingerprint density at radius 2 is 1.79 bits per heavy atom. The number of carboxylic acids is 1. The van der Waals surface area contributed by atoms with Gasteiger partial charge in [0.1, 0.15) is 5.82 Å². The fourth-order valence-corrected chi connectivity index (χ4v) is 3.88. The lowest BCUT2D eigenvalue weighted by atomic mass is 9.87. The molecule has 0 spiro atoms. The number of carboxylic acid groups (broad SMARTS) is 1. The number of fused-ring (bicyclic) bond motifs is 1. The molecule has 0 saturated heterocycles. The van der Waals surface area contributed by atoms with Crippen LogP contribution < -0.4 is 5.32 Å². The van der Waals surface area contributed by atoms with Crippen LogP contribution in [-0.2, 0) is 0 Å². The molecule has 0 amide bonds. The molecule has 0 unspecified atom stereocenters. The first-order valence-electron chi connectivity index (χ1n) is 9.85. The maximum atomic E-state index is 13.4. The summed E-state index contributed by atoms with van der Waals surface area (Å²) in [5, 5.41) is 23.2. The third-order valence-electron chi connectivity index (χ3n) is 5.58. The monoisotopic (exact) mass is 394 g/mol. The molecule has 2 aromatic carbocycles. The number of hydrogen-bond acceptors (Lipinski definition) is 4. The van der Waals surface area contributed by atoms with Gasteiger partial charge in [-0.15, -0.1) is 0 Å². The third-order valence-corrected chi connectivity index (χ3v) is 5.58. The lowest BCUT2D eigenvalue weighted by Crippen LogP contribution is -2.23. The summed E-state index contributed by atoms with van der Waals surface area (Å²) in [5.74, 6) is -0.832. The Labute approximate surface area is 168 Å². The number of aromatic carboxylic acids is 1. The summed E-state index contributed by atoms with van der Waals surface area (Å²) >= 11 is 0. The third kappa shape index (κ3) is 4.38. The lowest BCUT2D eigenvalue weighted by molar-refractivity contribution is 0.0697. The Morgan fingerprint density at radius 1 is 1.07 bits per heavy atom. The van der Waals surface area contributed by atoms with Gasteiger partial charge in [0.2, 0.25) is 0 Å². The molecule has 1 aliphatic rings. The Kier molecular flexibility index (Phi) is 5.45. The molecule has 4 rings (SSSR count). The molecular formula is C23H23FN2O3. The molecule has 1 fully saturated rings. The Bertz CT molecular complexity index is 1030. The van der Waals surface area contributed by atoms with Gasteiger partial charge in [-0.25, -0.2) is 14.2 Å². The molecule has 0 bridgehead atoms. The first kappa shape index (κ1) is 19.3.